The molecule has 4 rings (SSSR count). The monoisotopic (exact) mass is 665 g/mol. The van der Waals surface area contributed by atoms with Gasteiger partial charge >= 0.3 is 0 Å². The van der Waals surface area contributed by atoms with E-state index in [1.807, 2.05) is 51.1 Å². The highest BCUT2D eigenvalue weighted by Crippen LogP contribution is 2.27. The van der Waals surface area contributed by atoms with Crippen LogP contribution in [0.5, 0.6) is 5.75 Å². The van der Waals surface area contributed by atoms with Crippen molar-refractivity contribution in [3.05, 3.63) is 125 Å². The first-order valence-electron chi connectivity index (χ1n) is 14.9. The van der Waals surface area contributed by atoms with Crippen LogP contribution in [0.4, 0.5) is 10.1 Å². The molecule has 0 aliphatic heterocycles. The number of anilines is 1. The van der Waals surface area contributed by atoms with E-state index in [-0.39, 0.29) is 29.6 Å². The zero-order valence-electron chi connectivity index (χ0n) is 25.9. The number of amides is 2. The molecule has 0 radical (unpaired) electrons. The van der Waals surface area contributed by atoms with Crippen LogP contribution in [-0.4, -0.2) is 50.4 Å². The Morgan fingerprint density at radius 1 is 0.891 bits per heavy atom. The van der Waals surface area contributed by atoms with Gasteiger partial charge in [-0.15, -0.1) is 0 Å². The molecule has 0 spiro atoms. The molecule has 8 nitrogen and oxygen atoms in total. The standard InChI is InChI=1S/C35H37ClFN3O5S/c1-4-45-30-18-20-31(21-19-30)46(43,44)40(29-16-14-28(37)15-17-29)24-34(41)39(23-27-12-8-9-13-32(27)36)33(35(42)38-25(2)3)22-26-10-6-5-7-11-26/h5-21,25,33H,4,22-24H2,1-3H3,(H,38,42)/t33-/m0/s1. The Balaban J connectivity index is 1.80. The summed E-state index contributed by atoms with van der Waals surface area (Å²) in [4.78, 5) is 29.5. The third-order valence-electron chi connectivity index (χ3n) is 7.12. The molecule has 1 atom stereocenters. The summed E-state index contributed by atoms with van der Waals surface area (Å²) in [6.45, 7) is 5.11. The lowest BCUT2D eigenvalue weighted by molar-refractivity contribution is -0.140. The summed E-state index contributed by atoms with van der Waals surface area (Å²) in [5.74, 6) is -1.14. The third kappa shape index (κ3) is 8.86. The highest BCUT2D eigenvalue weighted by molar-refractivity contribution is 7.92. The van der Waals surface area contributed by atoms with Gasteiger partial charge in [-0.1, -0.05) is 60.1 Å². The fraction of sp³-hybridized carbons (Fsp3) is 0.257. The van der Waals surface area contributed by atoms with Crippen LogP contribution < -0.4 is 14.4 Å². The Kier molecular flexibility index (Phi) is 11.8. The minimum Gasteiger partial charge on any atom is -0.494 e. The van der Waals surface area contributed by atoms with Crippen LogP contribution >= 0.6 is 11.6 Å². The number of carbonyl (C=O) groups excluding carboxylic acids is 2. The van der Waals surface area contributed by atoms with Crippen molar-refractivity contribution in [3.8, 4) is 5.75 Å². The van der Waals surface area contributed by atoms with E-state index in [9.17, 15) is 22.4 Å². The van der Waals surface area contributed by atoms with Gasteiger partial charge in [-0.2, -0.15) is 0 Å². The van der Waals surface area contributed by atoms with Crippen molar-refractivity contribution < 1.29 is 27.1 Å². The highest BCUT2D eigenvalue weighted by atomic mass is 35.5. The van der Waals surface area contributed by atoms with Gasteiger partial charge in [0.15, 0.2) is 0 Å². The van der Waals surface area contributed by atoms with E-state index in [2.05, 4.69) is 5.32 Å². The summed E-state index contributed by atoms with van der Waals surface area (Å²) in [5.41, 5.74) is 1.46. The summed E-state index contributed by atoms with van der Waals surface area (Å²) in [6, 6.07) is 25.6. The van der Waals surface area contributed by atoms with Crippen LogP contribution in [0.25, 0.3) is 0 Å². The second-order valence-electron chi connectivity index (χ2n) is 10.9. The number of benzene rings is 4. The molecule has 1 N–H and O–H groups in total. The SMILES string of the molecule is CCOc1ccc(S(=O)(=O)N(CC(=O)N(Cc2ccccc2Cl)[C@@H](Cc2ccccc2)C(=O)NC(C)C)c2ccc(F)cc2)cc1. The predicted octanol–water partition coefficient (Wildman–Crippen LogP) is 6.24. The predicted molar refractivity (Wildman–Crippen MR) is 178 cm³/mol. The van der Waals surface area contributed by atoms with E-state index in [1.54, 1.807) is 24.3 Å². The largest absolute Gasteiger partial charge is 0.494 e. The Labute approximate surface area is 274 Å². The van der Waals surface area contributed by atoms with E-state index in [4.69, 9.17) is 16.3 Å². The summed E-state index contributed by atoms with van der Waals surface area (Å²) in [6.07, 6.45) is 0.164. The lowest BCUT2D eigenvalue weighted by Gasteiger charge is -2.34. The minimum absolute atomic E-state index is 0.0676. The van der Waals surface area contributed by atoms with Gasteiger partial charge in [0.25, 0.3) is 10.0 Å². The summed E-state index contributed by atoms with van der Waals surface area (Å²) >= 11 is 6.52. The number of nitrogens with one attached hydrogen (secondary N) is 1. The van der Waals surface area contributed by atoms with Crippen molar-refractivity contribution in [2.24, 2.45) is 0 Å². The molecule has 4 aromatic rings. The van der Waals surface area contributed by atoms with E-state index in [0.717, 1.165) is 22.0 Å². The van der Waals surface area contributed by atoms with Crippen molar-refractivity contribution in [2.45, 2.75) is 50.7 Å². The van der Waals surface area contributed by atoms with Crippen molar-refractivity contribution in [1.29, 1.82) is 0 Å². The Hall–Kier alpha value is -4.41. The molecule has 0 unspecified atom stereocenters. The molecule has 0 saturated heterocycles. The normalized spacial score (nSPS) is 12.0. The van der Waals surface area contributed by atoms with Gasteiger partial charge in [-0.25, -0.2) is 12.8 Å². The molecule has 0 bridgehead atoms. The number of hydrogen-bond donors (Lipinski definition) is 1. The molecule has 11 heteroatoms. The molecule has 0 aliphatic rings. The van der Waals surface area contributed by atoms with Crippen molar-refractivity contribution >= 4 is 39.1 Å². The van der Waals surface area contributed by atoms with Crippen LogP contribution in [0, 0.1) is 5.82 Å². The smallest absolute Gasteiger partial charge is 0.264 e. The van der Waals surface area contributed by atoms with Gasteiger partial charge in [0.2, 0.25) is 11.8 Å². The first-order chi connectivity index (χ1) is 22.0. The van der Waals surface area contributed by atoms with Gasteiger partial charge in [-0.05, 0) is 86.5 Å². The van der Waals surface area contributed by atoms with Crippen molar-refractivity contribution in [2.75, 3.05) is 17.5 Å². The van der Waals surface area contributed by atoms with E-state index in [0.29, 0.717) is 22.9 Å². The number of nitrogens with zero attached hydrogens (tertiary/aromatic N) is 2. The van der Waals surface area contributed by atoms with Gasteiger partial charge in [0.1, 0.15) is 24.2 Å². The number of rotatable bonds is 14. The average molecular weight is 666 g/mol. The summed E-state index contributed by atoms with van der Waals surface area (Å²) in [7, 11) is -4.35. The maximum absolute atomic E-state index is 14.5. The molecule has 0 heterocycles. The Morgan fingerprint density at radius 3 is 2.13 bits per heavy atom. The highest BCUT2D eigenvalue weighted by Gasteiger charge is 2.35. The lowest BCUT2D eigenvalue weighted by atomic mass is 10.0. The molecular formula is C35H37ClFN3O5S. The van der Waals surface area contributed by atoms with E-state index < -0.39 is 40.2 Å². The average Bonchev–Trinajstić information content (AvgIpc) is 3.03. The zero-order valence-corrected chi connectivity index (χ0v) is 27.5. The second-order valence-corrected chi connectivity index (χ2v) is 13.1. The van der Waals surface area contributed by atoms with Gasteiger partial charge in [-0.3, -0.25) is 13.9 Å². The third-order valence-corrected chi connectivity index (χ3v) is 9.27. The summed E-state index contributed by atoms with van der Waals surface area (Å²) in [5, 5.41) is 3.30. The number of carbonyl (C=O) groups is 2. The zero-order chi connectivity index (χ0) is 33.3. The molecule has 242 valence electrons. The van der Waals surface area contributed by atoms with Crippen LogP contribution in [0.3, 0.4) is 0 Å². The topological polar surface area (TPSA) is 96.0 Å². The van der Waals surface area contributed by atoms with E-state index >= 15 is 0 Å². The minimum atomic E-state index is -4.35. The molecule has 0 saturated carbocycles. The molecule has 46 heavy (non-hydrogen) atoms. The van der Waals surface area contributed by atoms with Gasteiger partial charge in [0.05, 0.1) is 17.2 Å². The molecule has 0 aromatic heterocycles. The van der Waals surface area contributed by atoms with Crippen LogP contribution in [0.2, 0.25) is 5.02 Å². The lowest BCUT2D eigenvalue weighted by Crippen LogP contribution is -2.54. The molecule has 0 fully saturated rings. The van der Waals surface area contributed by atoms with Crippen LogP contribution in [0.15, 0.2) is 108 Å². The van der Waals surface area contributed by atoms with Gasteiger partial charge in [0, 0.05) is 24.0 Å². The molecule has 4 aromatic carbocycles. The van der Waals surface area contributed by atoms with Gasteiger partial charge < -0.3 is 15.0 Å². The fourth-order valence-electron chi connectivity index (χ4n) is 4.88. The Bertz CT molecular complexity index is 1720. The second kappa shape index (κ2) is 15.7. The first kappa shape index (κ1) is 34.5. The summed E-state index contributed by atoms with van der Waals surface area (Å²) < 4.78 is 48.6. The number of ether oxygens (including phenoxy) is 1. The maximum Gasteiger partial charge on any atom is 0.264 e. The molecular weight excluding hydrogens is 629 g/mol. The van der Waals surface area contributed by atoms with Crippen LogP contribution in [0.1, 0.15) is 31.9 Å². The number of halogens is 2. The van der Waals surface area contributed by atoms with Crippen molar-refractivity contribution in [3.63, 3.8) is 0 Å². The Morgan fingerprint density at radius 2 is 1.52 bits per heavy atom. The maximum atomic E-state index is 14.5. The molecule has 2 amide bonds. The van der Waals surface area contributed by atoms with Crippen molar-refractivity contribution in [1.82, 2.24) is 10.2 Å². The molecule has 0 aliphatic carbocycles. The quantitative estimate of drug-likeness (QED) is 0.172. The first-order valence-corrected chi connectivity index (χ1v) is 16.7. The number of hydrogen-bond acceptors (Lipinski definition) is 5. The van der Waals surface area contributed by atoms with Crippen LogP contribution in [-0.2, 0) is 32.6 Å². The number of sulfonamides is 1. The van der Waals surface area contributed by atoms with E-state index in [1.165, 1.54) is 41.3 Å². The fourth-order valence-corrected chi connectivity index (χ4v) is 6.49.